The Morgan fingerprint density at radius 3 is 2.70 bits per heavy atom. The summed E-state index contributed by atoms with van der Waals surface area (Å²) >= 11 is 1.57. The molecule has 1 unspecified atom stereocenters. The Kier molecular flexibility index (Phi) is 4.09. The fourth-order valence-corrected chi connectivity index (χ4v) is 3.05. The third-order valence-electron chi connectivity index (χ3n) is 4.02. The zero-order chi connectivity index (χ0) is 14.9. The first-order valence-electron chi connectivity index (χ1n) is 6.60. The van der Waals surface area contributed by atoms with E-state index in [0.29, 0.717) is 18.5 Å². The lowest BCUT2D eigenvalue weighted by molar-refractivity contribution is -0.147. The van der Waals surface area contributed by atoms with Crippen LogP contribution in [-0.2, 0) is 4.79 Å². The lowest BCUT2D eigenvalue weighted by atomic mass is 9.98. The summed E-state index contributed by atoms with van der Waals surface area (Å²) in [4.78, 5) is 26.7. The fourth-order valence-electron chi connectivity index (χ4n) is 2.62. The number of benzene rings is 1. The number of hydrogen-bond acceptors (Lipinski definition) is 3. The van der Waals surface area contributed by atoms with Crippen LogP contribution in [0.15, 0.2) is 23.1 Å². The number of aryl methyl sites for hydroxylation is 1. The van der Waals surface area contributed by atoms with Gasteiger partial charge in [0.15, 0.2) is 0 Å². The molecule has 0 aliphatic carbocycles. The van der Waals surface area contributed by atoms with Gasteiger partial charge in [-0.15, -0.1) is 11.8 Å². The van der Waals surface area contributed by atoms with Crippen molar-refractivity contribution in [3.63, 3.8) is 0 Å². The van der Waals surface area contributed by atoms with Crippen molar-refractivity contribution in [2.45, 2.75) is 37.1 Å². The van der Waals surface area contributed by atoms with Gasteiger partial charge < -0.3 is 10.0 Å². The van der Waals surface area contributed by atoms with Crippen molar-refractivity contribution in [1.29, 1.82) is 0 Å². The molecule has 1 atom stereocenters. The smallest absolute Gasteiger partial charge is 0.329 e. The van der Waals surface area contributed by atoms with E-state index in [1.54, 1.807) is 18.7 Å². The largest absolute Gasteiger partial charge is 0.480 e. The zero-order valence-corrected chi connectivity index (χ0v) is 12.8. The molecular weight excluding hydrogens is 274 g/mol. The Hall–Kier alpha value is -1.49. The van der Waals surface area contributed by atoms with E-state index in [4.69, 9.17) is 0 Å². The maximum Gasteiger partial charge on any atom is 0.329 e. The maximum atomic E-state index is 12.7. The highest BCUT2D eigenvalue weighted by Crippen LogP contribution is 2.32. The molecule has 1 N–H and O–H groups in total. The van der Waals surface area contributed by atoms with Gasteiger partial charge in [0.1, 0.15) is 5.54 Å². The summed E-state index contributed by atoms with van der Waals surface area (Å²) < 4.78 is 0. The number of amides is 1. The molecule has 1 heterocycles. The van der Waals surface area contributed by atoms with Crippen LogP contribution in [0.4, 0.5) is 0 Å². The Morgan fingerprint density at radius 2 is 2.10 bits per heavy atom. The number of thioether (sulfide) groups is 1. The first-order chi connectivity index (χ1) is 9.40. The number of nitrogens with zero attached hydrogens (tertiary/aromatic N) is 1. The van der Waals surface area contributed by atoms with Gasteiger partial charge in [-0.05, 0) is 50.6 Å². The van der Waals surface area contributed by atoms with Gasteiger partial charge in [0.2, 0.25) is 0 Å². The van der Waals surface area contributed by atoms with Crippen LogP contribution in [0.3, 0.4) is 0 Å². The van der Waals surface area contributed by atoms with Gasteiger partial charge in [-0.25, -0.2) is 4.79 Å². The molecule has 1 aromatic carbocycles. The predicted octanol–water partition coefficient (Wildman–Crippen LogP) is 2.80. The van der Waals surface area contributed by atoms with Crippen molar-refractivity contribution in [2.75, 3.05) is 12.8 Å². The van der Waals surface area contributed by atoms with Gasteiger partial charge in [-0.3, -0.25) is 4.79 Å². The number of rotatable bonds is 3. The number of carbonyl (C=O) groups excluding carboxylic acids is 1. The molecule has 4 nitrogen and oxygen atoms in total. The minimum absolute atomic E-state index is 0.180. The van der Waals surface area contributed by atoms with Crippen LogP contribution in [0, 0.1) is 6.92 Å². The summed E-state index contributed by atoms with van der Waals surface area (Å²) in [5, 5.41) is 9.41. The summed E-state index contributed by atoms with van der Waals surface area (Å²) in [5.41, 5.74) is 0.400. The van der Waals surface area contributed by atoms with Crippen LogP contribution in [0.1, 0.15) is 35.7 Å². The topological polar surface area (TPSA) is 57.6 Å². The monoisotopic (exact) mass is 293 g/mol. The SMILES string of the molecule is CSc1ccc(C)c(C(=O)N2CCCC2(C)C(=O)O)c1. The lowest BCUT2D eigenvalue weighted by Gasteiger charge is -2.31. The van der Waals surface area contributed by atoms with Crippen molar-refractivity contribution in [2.24, 2.45) is 0 Å². The summed E-state index contributed by atoms with van der Waals surface area (Å²) in [6, 6.07) is 5.73. The first kappa shape index (κ1) is 14.9. The molecule has 1 fully saturated rings. The summed E-state index contributed by atoms with van der Waals surface area (Å²) in [5.74, 6) is -1.11. The summed E-state index contributed by atoms with van der Waals surface area (Å²) in [7, 11) is 0. The van der Waals surface area contributed by atoms with E-state index in [9.17, 15) is 14.7 Å². The van der Waals surface area contributed by atoms with Gasteiger partial charge in [0, 0.05) is 17.0 Å². The summed E-state index contributed by atoms with van der Waals surface area (Å²) in [6.07, 6.45) is 3.20. The zero-order valence-electron chi connectivity index (χ0n) is 12.0. The molecule has 2 rings (SSSR count). The Bertz CT molecular complexity index is 558. The molecular formula is C15H19NO3S. The van der Waals surface area contributed by atoms with E-state index < -0.39 is 11.5 Å². The molecule has 1 aromatic rings. The molecule has 20 heavy (non-hydrogen) atoms. The highest BCUT2D eigenvalue weighted by Gasteiger charge is 2.46. The molecule has 0 bridgehead atoms. The molecule has 108 valence electrons. The minimum Gasteiger partial charge on any atom is -0.480 e. The Labute approximate surface area is 123 Å². The van der Waals surface area contributed by atoms with E-state index in [0.717, 1.165) is 16.9 Å². The highest BCUT2D eigenvalue weighted by molar-refractivity contribution is 7.98. The van der Waals surface area contributed by atoms with Crippen LogP contribution in [0.25, 0.3) is 0 Å². The van der Waals surface area contributed by atoms with Crippen LogP contribution < -0.4 is 0 Å². The average molecular weight is 293 g/mol. The van der Waals surface area contributed by atoms with Gasteiger partial charge in [0.05, 0.1) is 0 Å². The number of carbonyl (C=O) groups is 2. The number of carboxylic acid groups (broad SMARTS) is 1. The van der Waals surface area contributed by atoms with Gasteiger partial charge in [0.25, 0.3) is 5.91 Å². The number of carboxylic acids is 1. The fraction of sp³-hybridized carbons (Fsp3) is 0.467. The number of hydrogen-bond donors (Lipinski definition) is 1. The van der Waals surface area contributed by atoms with E-state index in [1.807, 2.05) is 31.4 Å². The number of aliphatic carboxylic acids is 1. The van der Waals surface area contributed by atoms with Crippen molar-refractivity contribution in [1.82, 2.24) is 4.90 Å². The second-order valence-corrected chi connectivity index (χ2v) is 6.20. The van der Waals surface area contributed by atoms with E-state index in [2.05, 4.69) is 0 Å². The van der Waals surface area contributed by atoms with Gasteiger partial charge in [-0.2, -0.15) is 0 Å². The number of likely N-dealkylation sites (tertiary alicyclic amines) is 1. The molecule has 0 saturated carbocycles. The molecule has 0 aromatic heterocycles. The predicted molar refractivity (Wildman–Crippen MR) is 79.3 cm³/mol. The third-order valence-corrected chi connectivity index (χ3v) is 4.75. The molecule has 5 heteroatoms. The van der Waals surface area contributed by atoms with Crippen molar-refractivity contribution < 1.29 is 14.7 Å². The highest BCUT2D eigenvalue weighted by atomic mass is 32.2. The van der Waals surface area contributed by atoms with Crippen molar-refractivity contribution >= 4 is 23.6 Å². The van der Waals surface area contributed by atoms with Crippen LogP contribution in [-0.4, -0.2) is 40.2 Å². The maximum absolute atomic E-state index is 12.7. The van der Waals surface area contributed by atoms with Gasteiger partial charge in [-0.1, -0.05) is 6.07 Å². The van der Waals surface area contributed by atoms with Crippen LogP contribution in [0.5, 0.6) is 0 Å². The Morgan fingerprint density at radius 1 is 1.40 bits per heavy atom. The molecule has 1 amide bonds. The van der Waals surface area contributed by atoms with Crippen molar-refractivity contribution in [3.05, 3.63) is 29.3 Å². The van der Waals surface area contributed by atoms with Gasteiger partial charge >= 0.3 is 5.97 Å². The van der Waals surface area contributed by atoms with Crippen LogP contribution >= 0.6 is 11.8 Å². The van der Waals surface area contributed by atoms with E-state index in [-0.39, 0.29) is 5.91 Å². The Balaban J connectivity index is 2.38. The van der Waals surface area contributed by atoms with Crippen LogP contribution in [0.2, 0.25) is 0 Å². The lowest BCUT2D eigenvalue weighted by Crippen LogP contribution is -2.50. The first-order valence-corrected chi connectivity index (χ1v) is 7.82. The average Bonchev–Trinajstić information content (AvgIpc) is 2.82. The quantitative estimate of drug-likeness (QED) is 0.871. The van der Waals surface area contributed by atoms with E-state index >= 15 is 0 Å². The second-order valence-electron chi connectivity index (χ2n) is 5.32. The third kappa shape index (κ3) is 2.42. The molecule has 0 spiro atoms. The van der Waals surface area contributed by atoms with E-state index in [1.165, 1.54) is 4.90 Å². The minimum atomic E-state index is -1.08. The normalized spacial score (nSPS) is 22.1. The second kappa shape index (κ2) is 5.48. The standard InChI is InChI=1S/C15H19NO3S/c1-10-5-6-11(20-3)9-12(10)13(17)16-8-4-7-15(16,2)14(18)19/h5-6,9H,4,7-8H2,1-3H3,(H,18,19). The molecule has 1 aliphatic rings. The molecule has 1 aliphatic heterocycles. The summed E-state index contributed by atoms with van der Waals surface area (Å²) in [6.45, 7) is 4.02. The molecule has 0 radical (unpaired) electrons. The molecule has 1 saturated heterocycles. The van der Waals surface area contributed by atoms with Crippen molar-refractivity contribution in [3.8, 4) is 0 Å².